The van der Waals surface area contributed by atoms with Gasteiger partial charge < -0.3 is 29.2 Å². The minimum Gasteiger partial charge on any atom is -0.497 e. The van der Waals surface area contributed by atoms with Crippen molar-refractivity contribution < 1.29 is 42.1 Å². The summed E-state index contributed by atoms with van der Waals surface area (Å²) in [5.41, 5.74) is -0.963. The van der Waals surface area contributed by atoms with Crippen LogP contribution in [-0.4, -0.2) is 77.9 Å². The van der Waals surface area contributed by atoms with Gasteiger partial charge in [0.05, 0.1) is 31.8 Å². The van der Waals surface area contributed by atoms with Crippen LogP contribution in [0.15, 0.2) is 30.4 Å². The number of carbonyl (C=O) groups is 3. The molecule has 5 rings (SSSR count). The van der Waals surface area contributed by atoms with Gasteiger partial charge in [-0.15, -0.1) is 0 Å². The molecule has 1 N–H and O–H groups in total. The van der Waals surface area contributed by atoms with Gasteiger partial charge in [0, 0.05) is 12.0 Å². The Hall–Kier alpha value is -4.03. The van der Waals surface area contributed by atoms with E-state index in [0.717, 1.165) is 6.08 Å². The van der Waals surface area contributed by atoms with Gasteiger partial charge in [-0.05, 0) is 55.2 Å². The lowest BCUT2D eigenvalue weighted by atomic mass is 9.85. The van der Waals surface area contributed by atoms with E-state index in [9.17, 15) is 14.4 Å². The minimum atomic E-state index is -3.56. The van der Waals surface area contributed by atoms with E-state index in [2.05, 4.69) is 15.3 Å². The van der Waals surface area contributed by atoms with Crippen LogP contribution in [-0.2, 0) is 25.0 Å². The topological polar surface area (TPSA) is 129 Å². The highest BCUT2D eigenvalue weighted by molar-refractivity contribution is 5.91. The number of fused-ring (bicyclic) bond motifs is 5. The van der Waals surface area contributed by atoms with Crippen LogP contribution in [0.1, 0.15) is 59.1 Å². The lowest BCUT2D eigenvalue weighted by molar-refractivity contribution is -0.154. The Morgan fingerprint density at radius 1 is 1.13 bits per heavy atom. The van der Waals surface area contributed by atoms with Crippen molar-refractivity contribution in [2.45, 2.75) is 83.6 Å². The molecular weight excluding hydrogens is 590 g/mol. The maximum absolute atomic E-state index is 15.9. The van der Waals surface area contributed by atoms with Gasteiger partial charge in [-0.3, -0.25) is 4.79 Å². The average Bonchev–Trinajstić information content (AvgIpc) is 3.62. The van der Waals surface area contributed by atoms with Crippen molar-refractivity contribution in [3.63, 3.8) is 0 Å². The molecule has 1 aromatic heterocycles. The largest absolute Gasteiger partial charge is 0.497 e. The number of amides is 2. The van der Waals surface area contributed by atoms with E-state index in [1.54, 1.807) is 45.9 Å². The molecule has 0 unspecified atom stereocenters. The maximum Gasteiger partial charge on any atom is 0.408 e. The Balaban J connectivity index is 1.62. The van der Waals surface area contributed by atoms with Gasteiger partial charge >= 0.3 is 18.0 Å². The number of hydrogen-bond acceptors (Lipinski definition) is 9. The van der Waals surface area contributed by atoms with Gasteiger partial charge in [-0.1, -0.05) is 33.8 Å². The van der Waals surface area contributed by atoms with Crippen LogP contribution in [0.25, 0.3) is 11.0 Å². The Morgan fingerprint density at radius 3 is 2.56 bits per heavy atom. The van der Waals surface area contributed by atoms with Crippen LogP contribution in [0.3, 0.4) is 0 Å². The molecule has 1 aliphatic carbocycles. The van der Waals surface area contributed by atoms with E-state index in [-0.39, 0.29) is 29.6 Å². The van der Waals surface area contributed by atoms with Gasteiger partial charge in [0.25, 0.3) is 0 Å². The first-order valence-corrected chi connectivity index (χ1v) is 15.2. The second kappa shape index (κ2) is 12.4. The Kier molecular flexibility index (Phi) is 8.92. The fourth-order valence-electron chi connectivity index (χ4n) is 6.12. The normalized spacial score (nSPS) is 29.2. The molecule has 1 saturated heterocycles. The third-order valence-corrected chi connectivity index (χ3v) is 8.73. The molecule has 2 amide bonds. The molecule has 13 heteroatoms. The van der Waals surface area contributed by atoms with E-state index in [1.807, 2.05) is 0 Å². The first kappa shape index (κ1) is 32.4. The molecule has 1 aromatic carbocycles. The van der Waals surface area contributed by atoms with Crippen LogP contribution in [0.4, 0.5) is 13.6 Å². The van der Waals surface area contributed by atoms with Crippen LogP contribution >= 0.6 is 0 Å². The minimum absolute atomic E-state index is 0.0133. The lowest BCUT2D eigenvalue weighted by Gasteiger charge is -2.35. The predicted molar refractivity (Wildman–Crippen MR) is 159 cm³/mol. The highest BCUT2D eigenvalue weighted by Gasteiger charge is 2.52. The molecule has 0 spiro atoms. The molecule has 1 saturated carbocycles. The molecule has 0 radical (unpaired) electrons. The highest BCUT2D eigenvalue weighted by atomic mass is 19.3. The zero-order chi connectivity index (χ0) is 32.7. The quantitative estimate of drug-likeness (QED) is 0.377. The number of nitrogens with zero attached hydrogens (tertiary/aromatic N) is 3. The number of esters is 1. The summed E-state index contributed by atoms with van der Waals surface area (Å²) in [5, 5.41) is 2.73. The van der Waals surface area contributed by atoms with Gasteiger partial charge in [0.2, 0.25) is 11.8 Å². The van der Waals surface area contributed by atoms with E-state index in [0.29, 0.717) is 31.4 Å². The van der Waals surface area contributed by atoms with Crippen molar-refractivity contribution in [2.75, 3.05) is 20.8 Å². The van der Waals surface area contributed by atoms with E-state index >= 15 is 8.78 Å². The van der Waals surface area contributed by atoms with Crippen molar-refractivity contribution >= 4 is 29.0 Å². The third kappa shape index (κ3) is 6.67. The fourth-order valence-corrected chi connectivity index (χ4v) is 6.12. The second-order valence-corrected chi connectivity index (χ2v) is 12.9. The Morgan fingerprint density at radius 2 is 1.89 bits per heavy atom. The smallest absolute Gasteiger partial charge is 0.408 e. The fraction of sp³-hybridized carbons (Fsp3) is 0.594. The van der Waals surface area contributed by atoms with Crippen molar-refractivity contribution in [1.82, 2.24) is 20.2 Å². The number of halogens is 2. The monoisotopic (exact) mass is 630 g/mol. The molecule has 2 bridgehead atoms. The summed E-state index contributed by atoms with van der Waals surface area (Å²) in [7, 11) is 2.69. The zero-order valence-corrected chi connectivity index (χ0v) is 26.3. The standard InChI is InChI=1S/C32H40F2N4O7/c1-7-19-23-16-38(24(19)29(40)43-6)28(39)26(31(2,3)4)37-30(41)45-22-14-17(22)10-8-9-13-32(33,34)25-27(44-23)36-21-15-18(42-5)11-12-20(21)35-25/h9,11-13,15,17,19,22-24,26H,7-8,10,14,16H2,1-6H3,(H,37,41)/b13-9+/t17-,19-,22-,23+,24+,26-/m1/s1. The Labute approximate surface area is 260 Å². The zero-order valence-electron chi connectivity index (χ0n) is 26.3. The summed E-state index contributed by atoms with van der Waals surface area (Å²) in [6, 6.07) is 2.54. The van der Waals surface area contributed by atoms with Crippen LogP contribution in [0.5, 0.6) is 11.6 Å². The molecular formula is C32H40F2N4O7. The van der Waals surface area contributed by atoms with E-state index in [1.165, 1.54) is 25.2 Å². The number of benzene rings is 1. The van der Waals surface area contributed by atoms with Crippen LogP contribution in [0.2, 0.25) is 0 Å². The van der Waals surface area contributed by atoms with Crippen molar-refractivity contribution in [3.05, 3.63) is 36.0 Å². The van der Waals surface area contributed by atoms with Crippen LogP contribution in [0, 0.1) is 17.3 Å². The van der Waals surface area contributed by atoms with Crippen molar-refractivity contribution in [1.29, 1.82) is 0 Å². The van der Waals surface area contributed by atoms with Gasteiger partial charge in [0.15, 0.2) is 5.69 Å². The molecule has 3 heterocycles. The number of hydrogen-bond donors (Lipinski definition) is 1. The summed E-state index contributed by atoms with van der Waals surface area (Å²) < 4.78 is 54.0. The molecule has 6 atom stereocenters. The number of allylic oxidation sites excluding steroid dienone is 2. The molecule has 244 valence electrons. The average molecular weight is 631 g/mol. The molecule has 3 aliphatic rings. The summed E-state index contributed by atoms with van der Waals surface area (Å²) in [6.07, 6.45) is 1.91. The Bertz CT molecular complexity index is 1490. The first-order valence-electron chi connectivity index (χ1n) is 15.2. The third-order valence-electron chi connectivity index (χ3n) is 8.73. The molecule has 2 aliphatic heterocycles. The SMILES string of the molecule is CC[C@@H]1[C@@H]2CN(C(=O)[C@H](C(C)(C)C)NC(=O)O[C@@H]3C[C@H]3CC/C=C/C(F)(F)c3nc4ccc(OC)cc4nc3O2)[C@@H]1C(=O)OC. The first-order chi connectivity index (χ1) is 21.3. The number of nitrogens with one attached hydrogen (secondary N) is 1. The number of rotatable bonds is 3. The lowest BCUT2D eigenvalue weighted by Crippen LogP contribution is -2.57. The number of carbonyl (C=O) groups excluding carboxylic acids is 3. The molecule has 2 fully saturated rings. The predicted octanol–water partition coefficient (Wildman–Crippen LogP) is 4.77. The maximum atomic E-state index is 15.9. The van der Waals surface area contributed by atoms with Crippen molar-refractivity contribution in [3.8, 4) is 11.6 Å². The van der Waals surface area contributed by atoms with Gasteiger partial charge in [0.1, 0.15) is 30.0 Å². The second-order valence-electron chi connectivity index (χ2n) is 12.9. The van der Waals surface area contributed by atoms with Gasteiger partial charge in [-0.2, -0.15) is 8.78 Å². The number of ether oxygens (including phenoxy) is 4. The molecule has 45 heavy (non-hydrogen) atoms. The number of methoxy groups -OCH3 is 2. The summed E-state index contributed by atoms with van der Waals surface area (Å²) in [4.78, 5) is 50.4. The van der Waals surface area contributed by atoms with E-state index in [4.69, 9.17) is 18.9 Å². The van der Waals surface area contributed by atoms with Crippen molar-refractivity contribution in [2.24, 2.45) is 17.3 Å². The highest BCUT2D eigenvalue weighted by Crippen LogP contribution is 2.41. The number of alkyl carbamates (subject to hydrolysis) is 1. The summed E-state index contributed by atoms with van der Waals surface area (Å²) in [5.74, 6) is -5.39. The molecule has 2 aromatic rings. The van der Waals surface area contributed by atoms with E-state index < -0.39 is 65.0 Å². The number of alkyl halides is 2. The summed E-state index contributed by atoms with van der Waals surface area (Å²) >= 11 is 0. The summed E-state index contributed by atoms with van der Waals surface area (Å²) in [6.45, 7) is 7.02. The van der Waals surface area contributed by atoms with Crippen LogP contribution < -0.4 is 14.8 Å². The molecule has 11 nitrogen and oxygen atoms in total. The number of aromatic nitrogens is 2. The van der Waals surface area contributed by atoms with Gasteiger partial charge in [-0.25, -0.2) is 19.6 Å².